The summed E-state index contributed by atoms with van der Waals surface area (Å²) in [4.78, 5) is 27.4. The Morgan fingerprint density at radius 3 is 2.47 bits per heavy atom. The van der Waals surface area contributed by atoms with Crippen LogP contribution in [0, 0.1) is 16.0 Å². The molecule has 7 heteroatoms. The first-order chi connectivity index (χ1) is 15.5. The predicted octanol–water partition coefficient (Wildman–Crippen LogP) is 6.35. The van der Waals surface area contributed by atoms with E-state index in [4.69, 9.17) is 4.84 Å². The quantitative estimate of drug-likeness (QED) is 0.187. The smallest absolute Gasteiger partial charge is 0.331 e. The third-order valence-electron chi connectivity index (χ3n) is 6.51. The monoisotopic (exact) mass is 435 g/mol. The third-order valence-corrected chi connectivity index (χ3v) is 6.51. The van der Waals surface area contributed by atoms with E-state index in [2.05, 4.69) is 16.6 Å². The van der Waals surface area contributed by atoms with E-state index in [0.29, 0.717) is 5.92 Å². The van der Waals surface area contributed by atoms with Crippen LogP contribution in [-0.4, -0.2) is 21.2 Å². The fourth-order valence-corrected chi connectivity index (χ4v) is 4.90. The molecule has 0 unspecified atom stereocenters. The second-order valence-corrected chi connectivity index (χ2v) is 8.60. The number of nitro benzene ring substituents is 1. The Labute approximate surface area is 187 Å². The van der Waals surface area contributed by atoms with E-state index >= 15 is 0 Å². The molecule has 0 saturated heterocycles. The number of aryl methyl sites for hydroxylation is 1. The van der Waals surface area contributed by atoms with Gasteiger partial charge < -0.3 is 9.40 Å². The molecular weight excluding hydrogens is 406 g/mol. The SMILES string of the molecule is CCn1c2ccc(/C(CCC3CCCCC3)=N/OC(C)=O)cc2c2cc([N+](=O)[O-])ccc21. The van der Waals surface area contributed by atoms with Crippen molar-refractivity contribution in [3.63, 3.8) is 0 Å². The van der Waals surface area contributed by atoms with Crippen LogP contribution in [0.1, 0.15) is 64.4 Å². The van der Waals surface area contributed by atoms with Gasteiger partial charge in [0.25, 0.3) is 5.69 Å². The first-order valence-electron chi connectivity index (χ1n) is 11.4. The highest BCUT2D eigenvalue weighted by atomic mass is 16.7. The maximum atomic E-state index is 11.4. The third kappa shape index (κ3) is 4.52. The summed E-state index contributed by atoms with van der Waals surface area (Å²) in [5.41, 5.74) is 3.69. The Kier molecular flexibility index (Phi) is 6.53. The van der Waals surface area contributed by atoms with Gasteiger partial charge >= 0.3 is 5.97 Å². The largest absolute Gasteiger partial charge is 0.341 e. The van der Waals surface area contributed by atoms with Crippen molar-refractivity contribution in [2.24, 2.45) is 11.1 Å². The molecule has 168 valence electrons. The topological polar surface area (TPSA) is 86.7 Å². The van der Waals surface area contributed by atoms with Crippen LogP contribution in [0.4, 0.5) is 5.69 Å². The van der Waals surface area contributed by atoms with Crippen LogP contribution < -0.4 is 0 Å². The number of benzene rings is 2. The standard InChI is InChI=1S/C25H29N3O4/c1-3-27-24-13-10-19(15-21(24)22-16-20(28(30)31)11-14-25(22)27)23(26-32-17(2)29)12-9-18-7-5-4-6-8-18/h10-11,13-16,18H,3-9,12H2,1-2H3/b26-23+. The fraction of sp³-hybridized carbons (Fsp3) is 0.440. The number of oxime groups is 1. The van der Waals surface area contributed by atoms with Crippen molar-refractivity contribution in [2.75, 3.05) is 0 Å². The van der Waals surface area contributed by atoms with Crippen LogP contribution >= 0.6 is 0 Å². The number of hydrogen-bond acceptors (Lipinski definition) is 5. The predicted molar refractivity (Wildman–Crippen MR) is 126 cm³/mol. The van der Waals surface area contributed by atoms with E-state index in [0.717, 1.165) is 52.5 Å². The molecule has 0 bridgehead atoms. The van der Waals surface area contributed by atoms with Crippen molar-refractivity contribution < 1.29 is 14.6 Å². The summed E-state index contributed by atoms with van der Waals surface area (Å²) in [6.45, 7) is 4.17. The van der Waals surface area contributed by atoms with Gasteiger partial charge in [-0.15, -0.1) is 0 Å². The lowest BCUT2D eigenvalue weighted by Gasteiger charge is -2.21. The molecule has 1 heterocycles. The molecule has 3 aromatic rings. The van der Waals surface area contributed by atoms with Crippen LogP contribution in [0.2, 0.25) is 0 Å². The molecule has 1 saturated carbocycles. The molecule has 0 spiro atoms. The molecule has 1 aliphatic carbocycles. The number of aromatic nitrogens is 1. The van der Waals surface area contributed by atoms with Gasteiger partial charge in [0.2, 0.25) is 0 Å². The van der Waals surface area contributed by atoms with Gasteiger partial charge in [-0.05, 0) is 43.9 Å². The first-order valence-corrected chi connectivity index (χ1v) is 11.4. The van der Waals surface area contributed by atoms with E-state index < -0.39 is 5.97 Å². The molecule has 2 aromatic carbocycles. The number of hydrogen-bond donors (Lipinski definition) is 0. The number of rotatable bonds is 7. The molecule has 1 aromatic heterocycles. The summed E-state index contributed by atoms with van der Waals surface area (Å²) < 4.78 is 2.16. The van der Waals surface area contributed by atoms with E-state index in [1.54, 1.807) is 12.1 Å². The highest BCUT2D eigenvalue weighted by molar-refractivity contribution is 6.12. The zero-order valence-corrected chi connectivity index (χ0v) is 18.7. The van der Waals surface area contributed by atoms with Crippen molar-refractivity contribution in [3.05, 3.63) is 52.1 Å². The van der Waals surface area contributed by atoms with Gasteiger partial charge in [0, 0.05) is 53.0 Å². The Morgan fingerprint density at radius 2 is 1.81 bits per heavy atom. The van der Waals surface area contributed by atoms with Crippen molar-refractivity contribution >= 4 is 39.2 Å². The zero-order valence-electron chi connectivity index (χ0n) is 18.7. The van der Waals surface area contributed by atoms with Crippen LogP contribution in [0.25, 0.3) is 21.8 Å². The van der Waals surface area contributed by atoms with Gasteiger partial charge in [-0.2, -0.15) is 0 Å². The Hall–Kier alpha value is -3.22. The number of carbonyl (C=O) groups is 1. The molecule has 0 atom stereocenters. The average Bonchev–Trinajstić information content (AvgIpc) is 3.11. The first kappa shape index (κ1) is 22.0. The Bertz CT molecular complexity index is 1190. The lowest BCUT2D eigenvalue weighted by molar-refractivity contribution is -0.384. The van der Waals surface area contributed by atoms with Gasteiger partial charge in [-0.1, -0.05) is 43.3 Å². The molecule has 32 heavy (non-hydrogen) atoms. The minimum Gasteiger partial charge on any atom is -0.341 e. The molecule has 0 amide bonds. The molecule has 1 aliphatic rings. The van der Waals surface area contributed by atoms with Crippen molar-refractivity contribution in [1.29, 1.82) is 0 Å². The lowest BCUT2D eigenvalue weighted by Crippen LogP contribution is -2.11. The Balaban J connectivity index is 1.76. The van der Waals surface area contributed by atoms with E-state index in [1.165, 1.54) is 39.0 Å². The number of carbonyl (C=O) groups excluding carboxylic acids is 1. The molecule has 1 fully saturated rings. The maximum Gasteiger partial charge on any atom is 0.331 e. The average molecular weight is 436 g/mol. The van der Waals surface area contributed by atoms with Crippen LogP contribution in [0.3, 0.4) is 0 Å². The minimum absolute atomic E-state index is 0.0733. The Morgan fingerprint density at radius 1 is 1.12 bits per heavy atom. The second-order valence-electron chi connectivity index (χ2n) is 8.60. The summed E-state index contributed by atoms with van der Waals surface area (Å²) in [6, 6.07) is 11.1. The van der Waals surface area contributed by atoms with Gasteiger partial charge in [0.05, 0.1) is 10.6 Å². The molecule has 0 aliphatic heterocycles. The summed E-state index contributed by atoms with van der Waals surface area (Å²) >= 11 is 0. The van der Waals surface area contributed by atoms with Crippen molar-refractivity contribution in [2.45, 2.75) is 65.3 Å². The number of nitrogens with zero attached hydrogens (tertiary/aromatic N) is 3. The molecular formula is C25H29N3O4. The molecule has 7 nitrogen and oxygen atoms in total. The normalized spacial score (nSPS) is 15.4. The van der Waals surface area contributed by atoms with E-state index in [9.17, 15) is 14.9 Å². The van der Waals surface area contributed by atoms with Crippen molar-refractivity contribution in [3.8, 4) is 0 Å². The van der Waals surface area contributed by atoms with Gasteiger partial charge in [-0.3, -0.25) is 10.1 Å². The van der Waals surface area contributed by atoms with Crippen LogP contribution in [-0.2, 0) is 16.2 Å². The van der Waals surface area contributed by atoms with Crippen molar-refractivity contribution in [1.82, 2.24) is 4.57 Å². The highest BCUT2D eigenvalue weighted by Crippen LogP contribution is 2.33. The molecule has 4 rings (SSSR count). The highest BCUT2D eigenvalue weighted by Gasteiger charge is 2.18. The zero-order chi connectivity index (χ0) is 22.7. The van der Waals surface area contributed by atoms with E-state index in [-0.39, 0.29) is 10.6 Å². The maximum absolute atomic E-state index is 11.4. The van der Waals surface area contributed by atoms with Crippen LogP contribution in [0.5, 0.6) is 0 Å². The number of fused-ring (bicyclic) bond motifs is 3. The van der Waals surface area contributed by atoms with Gasteiger partial charge in [0.1, 0.15) is 0 Å². The minimum atomic E-state index is -0.445. The van der Waals surface area contributed by atoms with Gasteiger partial charge in [0.15, 0.2) is 0 Å². The number of nitro groups is 1. The van der Waals surface area contributed by atoms with Gasteiger partial charge in [-0.25, -0.2) is 4.79 Å². The lowest BCUT2D eigenvalue weighted by atomic mass is 9.85. The molecule has 0 N–H and O–H groups in total. The number of non-ortho nitro benzene ring substituents is 1. The second kappa shape index (κ2) is 9.51. The molecule has 0 radical (unpaired) electrons. The summed E-state index contributed by atoms with van der Waals surface area (Å²) in [5.74, 6) is 0.235. The fourth-order valence-electron chi connectivity index (χ4n) is 4.90. The summed E-state index contributed by atoms with van der Waals surface area (Å²) in [7, 11) is 0. The van der Waals surface area contributed by atoms with E-state index in [1.807, 2.05) is 24.3 Å². The summed E-state index contributed by atoms with van der Waals surface area (Å²) in [5, 5.41) is 17.3. The van der Waals surface area contributed by atoms with Crippen LogP contribution in [0.15, 0.2) is 41.6 Å². The summed E-state index contributed by atoms with van der Waals surface area (Å²) in [6.07, 6.45) is 8.11.